The molecule has 0 amide bonds. The van der Waals surface area contributed by atoms with Gasteiger partial charge in [0.25, 0.3) is 0 Å². The molecular weight excluding hydrogens is 268 g/mol. The van der Waals surface area contributed by atoms with Crippen molar-refractivity contribution in [3.8, 4) is 0 Å². The van der Waals surface area contributed by atoms with Crippen molar-refractivity contribution in [1.29, 1.82) is 0 Å². The van der Waals surface area contributed by atoms with E-state index in [9.17, 15) is 17.2 Å². The minimum Gasteiger partial charge on any atom is -0.207 e. The summed E-state index contributed by atoms with van der Waals surface area (Å²) in [5, 5.41) is 0. The van der Waals surface area contributed by atoms with Gasteiger partial charge >= 0.3 is 0 Å². The van der Waals surface area contributed by atoms with Crippen LogP contribution in [0.1, 0.15) is 0 Å². The molecule has 3 nitrogen and oxygen atoms in total. The standard InChI is InChI=1S/C10H11F2NO2S2/c11-8-2-1-3-9(10(8)12)17(14,15)13-4-6-16-7-5-13/h1-3H,4-7H2. The molecule has 0 atom stereocenters. The zero-order valence-electron chi connectivity index (χ0n) is 8.90. The molecule has 2 rings (SSSR count). The molecule has 17 heavy (non-hydrogen) atoms. The Hall–Kier alpha value is -0.660. The number of rotatable bonds is 2. The number of benzene rings is 1. The largest absolute Gasteiger partial charge is 0.246 e. The Kier molecular flexibility index (Phi) is 3.70. The van der Waals surface area contributed by atoms with Crippen LogP contribution in [0.5, 0.6) is 0 Å². The van der Waals surface area contributed by atoms with E-state index in [-0.39, 0.29) is 0 Å². The Morgan fingerprint density at radius 1 is 1.18 bits per heavy atom. The van der Waals surface area contributed by atoms with Crippen molar-refractivity contribution in [2.45, 2.75) is 4.90 Å². The van der Waals surface area contributed by atoms with Crippen molar-refractivity contribution >= 4 is 21.8 Å². The SMILES string of the molecule is O=S(=O)(c1cccc(F)c1F)N1CCSCC1. The van der Waals surface area contributed by atoms with Gasteiger partial charge in [-0.25, -0.2) is 17.2 Å². The maximum Gasteiger partial charge on any atom is 0.246 e. The van der Waals surface area contributed by atoms with Crippen LogP contribution in [-0.4, -0.2) is 37.3 Å². The van der Waals surface area contributed by atoms with E-state index in [4.69, 9.17) is 0 Å². The second kappa shape index (κ2) is 4.91. The van der Waals surface area contributed by atoms with E-state index in [0.717, 1.165) is 12.1 Å². The second-order valence-electron chi connectivity index (χ2n) is 3.57. The molecule has 0 spiro atoms. The molecule has 0 bridgehead atoms. The highest BCUT2D eigenvalue weighted by Crippen LogP contribution is 2.23. The molecule has 1 aromatic rings. The van der Waals surface area contributed by atoms with E-state index in [1.807, 2.05) is 0 Å². The van der Waals surface area contributed by atoms with Crippen LogP contribution in [0.4, 0.5) is 8.78 Å². The lowest BCUT2D eigenvalue weighted by Gasteiger charge is -2.25. The smallest absolute Gasteiger partial charge is 0.207 e. The first-order valence-corrected chi connectivity index (χ1v) is 7.65. The average Bonchev–Trinajstić information content (AvgIpc) is 2.33. The fraction of sp³-hybridized carbons (Fsp3) is 0.400. The third kappa shape index (κ3) is 2.46. The quantitative estimate of drug-likeness (QED) is 0.827. The Morgan fingerprint density at radius 3 is 2.47 bits per heavy atom. The highest BCUT2D eigenvalue weighted by molar-refractivity contribution is 7.99. The van der Waals surface area contributed by atoms with Crippen LogP contribution in [0.15, 0.2) is 23.1 Å². The van der Waals surface area contributed by atoms with Crippen molar-refractivity contribution in [3.63, 3.8) is 0 Å². The molecule has 0 aromatic heterocycles. The summed E-state index contributed by atoms with van der Waals surface area (Å²) >= 11 is 1.64. The predicted octanol–water partition coefficient (Wildman–Crippen LogP) is 1.70. The van der Waals surface area contributed by atoms with Crippen LogP contribution in [0.2, 0.25) is 0 Å². The lowest BCUT2D eigenvalue weighted by Crippen LogP contribution is -2.38. The van der Waals surface area contributed by atoms with Gasteiger partial charge in [-0.05, 0) is 12.1 Å². The van der Waals surface area contributed by atoms with Gasteiger partial charge in [0.1, 0.15) is 4.90 Å². The highest BCUT2D eigenvalue weighted by atomic mass is 32.2. The Morgan fingerprint density at radius 2 is 1.82 bits per heavy atom. The first-order chi connectivity index (χ1) is 8.03. The summed E-state index contributed by atoms with van der Waals surface area (Å²) in [7, 11) is -3.91. The van der Waals surface area contributed by atoms with Crippen LogP contribution in [0, 0.1) is 11.6 Å². The molecule has 1 fully saturated rings. The first kappa shape index (κ1) is 12.8. The van der Waals surface area contributed by atoms with E-state index >= 15 is 0 Å². The number of thioether (sulfide) groups is 1. The van der Waals surface area contributed by atoms with Crippen LogP contribution in [0.3, 0.4) is 0 Å². The van der Waals surface area contributed by atoms with Gasteiger partial charge in [0, 0.05) is 24.6 Å². The molecule has 1 aromatic carbocycles. The maximum absolute atomic E-state index is 13.5. The van der Waals surface area contributed by atoms with E-state index in [0.29, 0.717) is 24.6 Å². The monoisotopic (exact) mass is 279 g/mol. The summed E-state index contributed by atoms with van der Waals surface area (Å²) in [5.41, 5.74) is 0. The van der Waals surface area contributed by atoms with Gasteiger partial charge in [-0.2, -0.15) is 16.1 Å². The van der Waals surface area contributed by atoms with Crippen LogP contribution in [0.25, 0.3) is 0 Å². The minimum atomic E-state index is -3.91. The first-order valence-electron chi connectivity index (χ1n) is 5.05. The van der Waals surface area contributed by atoms with Gasteiger partial charge in [-0.1, -0.05) is 6.07 Å². The van der Waals surface area contributed by atoms with E-state index in [2.05, 4.69) is 0 Å². The summed E-state index contributed by atoms with van der Waals surface area (Å²) < 4.78 is 51.8. The van der Waals surface area contributed by atoms with E-state index in [1.54, 1.807) is 11.8 Å². The zero-order chi connectivity index (χ0) is 12.5. The van der Waals surface area contributed by atoms with Gasteiger partial charge in [-0.15, -0.1) is 0 Å². The fourth-order valence-electron chi connectivity index (χ4n) is 1.61. The fourth-order valence-corrected chi connectivity index (χ4v) is 4.26. The normalized spacial score (nSPS) is 18.2. The molecule has 0 saturated carbocycles. The molecule has 1 heterocycles. The lowest BCUT2D eigenvalue weighted by molar-refractivity contribution is 0.431. The van der Waals surface area contributed by atoms with Crippen molar-refractivity contribution in [2.24, 2.45) is 0 Å². The van der Waals surface area contributed by atoms with Gasteiger partial charge in [0.15, 0.2) is 11.6 Å². The maximum atomic E-state index is 13.5. The Bertz CT molecular complexity index is 513. The van der Waals surface area contributed by atoms with Crippen molar-refractivity contribution in [3.05, 3.63) is 29.8 Å². The van der Waals surface area contributed by atoms with Crippen molar-refractivity contribution in [1.82, 2.24) is 4.31 Å². The summed E-state index contributed by atoms with van der Waals surface area (Å²) in [5.74, 6) is -1.09. The molecule has 0 aliphatic carbocycles. The topological polar surface area (TPSA) is 37.4 Å². The molecule has 1 aliphatic heterocycles. The molecule has 94 valence electrons. The van der Waals surface area contributed by atoms with Crippen LogP contribution in [-0.2, 0) is 10.0 Å². The van der Waals surface area contributed by atoms with Gasteiger partial charge < -0.3 is 0 Å². The Labute approximate surface area is 103 Å². The van der Waals surface area contributed by atoms with Gasteiger partial charge in [-0.3, -0.25) is 0 Å². The number of halogens is 2. The van der Waals surface area contributed by atoms with Crippen LogP contribution >= 0.6 is 11.8 Å². The molecule has 1 aliphatic rings. The van der Waals surface area contributed by atoms with E-state index in [1.165, 1.54) is 10.4 Å². The number of sulfonamides is 1. The molecule has 0 radical (unpaired) electrons. The minimum absolute atomic E-state index is 0.336. The number of nitrogens with zero attached hydrogens (tertiary/aromatic N) is 1. The third-order valence-corrected chi connectivity index (χ3v) is 5.36. The molecular formula is C10H11F2NO2S2. The van der Waals surface area contributed by atoms with Gasteiger partial charge in [0.2, 0.25) is 10.0 Å². The van der Waals surface area contributed by atoms with E-state index < -0.39 is 26.6 Å². The predicted molar refractivity (Wildman–Crippen MR) is 62.4 cm³/mol. The third-order valence-electron chi connectivity index (χ3n) is 2.50. The number of hydrogen-bond acceptors (Lipinski definition) is 3. The summed E-state index contributed by atoms with van der Waals surface area (Å²) in [4.78, 5) is -0.579. The molecule has 7 heteroatoms. The average molecular weight is 279 g/mol. The summed E-state index contributed by atoms with van der Waals surface area (Å²) in [6.07, 6.45) is 0. The molecule has 0 unspecified atom stereocenters. The summed E-state index contributed by atoms with van der Waals surface area (Å²) in [6, 6.07) is 3.19. The summed E-state index contributed by atoms with van der Waals surface area (Å²) in [6.45, 7) is 0.673. The molecule has 0 N–H and O–H groups in total. The number of hydrogen-bond donors (Lipinski definition) is 0. The van der Waals surface area contributed by atoms with Crippen molar-refractivity contribution in [2.75, 3.05) is 24.6 Å². The second-order valence-corrected chi connectivity index (χ2v) is 6.70. The van der Waals surface area contributed by atoms with Crippen molar-refractivity contribution < 1.29 is 17.2 Å². The van der Waals surface area contributed by atoms with Crippen LogP contribution < -0.4 is 0 Å². The highest BCUT2D eigenvalue weighted by Gasteiger charge is 2.29. The lowest BCUT2D eigenvalue weighted by atomic mass is 10.3. The Balaban J connectivity index is 2.40. The molecule has 1 saturated heterocycles. The zero-order valence-corrected chi connectivity index (χ0v) is 10.5. The van der Waals surface area contributed by atoms with Gasteiger partial charge in [0.05, 0.1) is 0 Å².